The molecule has 0 saturated heterocycles. The van der Waals surface area contributed by atoms with Crippen LogP contribution < -0.4 is 20.3 Å². The first-order chi connectivity index (χ1) is 16.9. The molecule has 9 heteroatoms. The van der Waals surface area contributed by atoms with Crippen molar-refractivity contribution in [1.82, 2.24) is 9.88 Å². The number of nitrogens with zero attached hydrogens (tertiary/aromatic N) is 1. The van der Waals surface area contributed by atoms with Crippen LogP contribution in [0, 0.1) is 11.6 Å². The van der Waals surface area contributed by atoms with E-state index in [0.717, 1.165) is 10.9 Å². The van der Waals surface area contributed by atoms with Crippen LogP contribution in [0.1, 0.15) is 11.1 Å². The van der Waals surface area contributed by atoms with E-state index in [4.69, 9.17) is 21.7 Å². The Balaban J connectivity index is 1.67. The molecule has 3 aromatic carbocycles. The normalized spacial score (nSPS) is 10.7. The highest BCUT2D eigenvalue weighted by molar-refractivity contribution is 7.80. The summed E-state index contributed by atoms with van der Waals surface area (Å²) in [4.78, 5) is 17.6. The zero-order chi connectivity index (χ0) is 24.9. The molecule has 35 heavy (non-hydrogen) atoms. The Morgan fingerprint density at radius 1 is 0.914 bits per heavy atom. The van der Waals surface area contributed by atoms with Crippen LogP contribution in [-0.4, -0.2) is 29.2 Å². The van der Waals surface area contributed by atoms with Gasteiger partial charge in [0, 0.05) is 29.2 Å². The van der Waals surface area contributed by atoms with Gasteiger partial charge in [0.25, 0.3) is 5.56 Å². The molecule has 0 radical (unpaired) electrons. The van der Waals surface area contributed by atoms with Crippen molar-refractivity contribution in [3.05, 3.63) is 99.8 Å². The number of nitrogens with one attached hydrogen (secondary N) is 2. The molecular formula is C26H23F2N3O3S. The second kappa shape index (κ2) is 10.5. The summed E-state index contributed by atoms with van der Waals surface area (Å²) in [6.07, 6.45) is 0. The van der Waals surface area contributed by atoms with Crippen molar-refractivity contribution in [3.8, 4) is 11.5 Å². The van der Waals surface area contributed by atoms with Crippen LogP contribution >= 0.6 is 12.2 Å². The highest BCUT2D eigenvalue weighted by Gasteiger charge is 2.16. The smallest absolute Gasteiger partial charge is 0.253 e. The second-order valence-electron chi connectivity index (χ2n) is 7.84. The maximum Gasteiger partial charge on any atom is 0.253 e. The summed E-state index contributed by atoms with van der Waals surface area (Å²) in [5.74, 6) is 0.336. The van der Waals surface area contributed by atoms with Crippen LogP contribution in [0.25, 0.3) is 10.9 Å². The number of fused-ring (bicyclic) bond motifs is 1. The monoisotopic (exact) mass is 495 g/mol. The van der Waals surface area contributed by atoms with E-state index in [1.807, 2.05) is 0 Å². The maximum atomic E-state index is 13.4. The summed E-state index contributed by atoms with van der Waals surface area (Å²) in [6, 6.07) is 17.1. The van der Waals surface area contributed by atoms with E-state index < -0.39 is 0 Å². The maximum absolute atomic E-state index is 13.4. The van der Waals surface area contributed by atoms with Gasteiger partial charge in [0.05, 0.1) is 26.3 Å². The van der Waals surface area contributed by atoms with Crippen molar-refractivity contribution in [1.29, 1.82) is 0 Å². The Hall–Kier alpha value is -3.98. The van der Waals surface area contributed by atoms with E-state index in [9.17, 15) is 13.6 Å². The topological polar surface area (TPSA) is 66.6 Å². The molecular weight excluding hydrogens is 472 g/mol. The van der Waals surface area contributed by atoms with Gasteiger partial charge < -0.3 is 24.7 Å². The number of ether oxygens (including phenoxy) is 2. The molecule has 4 rings (SSSR count). The van der Waals surface area contributed by atoms with Crippen molar-refractivity contribution in [2.45, 2.75) is 13.1 Å². The molecule has 0 spiro atoms. The molecule has 1 aromatic heterocycles. The number of aromatic amines is 1. The third-order valence-corrected chi connectivity index (χ3v) is 5.82. The fraction of sp³-hybridized carbons (Fsp3) is 0.154. The third-order valence-electron chi connectivity index (χ3n) is 5.46. The number of halogens is 2. The summed E-state index contributed by atoms with van der Waals surface area (Å²) in [6.45, 7) is 0.487. The van der Waals surface area contributed by atoms with Gasteiger partial charge in [0.2, 0.25) is 0 Å². The van der Waals surface area contributed by atoms with Crippen molar-refractivity contribution < 1.29 is 18.3 Å². The summed E-state index contributed by atoms with van der Waals surface area (Å²) in [5, 5.41) is 4.17. The number of anilines is 1. The molecule has 0 amide bonds. The van der Waals surface area contributed by atoms with E-state index in [0.29, 0.717) is 39.9 Å². The highest BCUT2D eigenvalue weighted by atomic mass is 32.1. The number of hydrogen-bond donors (Lipinski definition) is 2. The van der Waals surface area contributed by atoms with Gasteiger partial charge >= 0.3 is 0 Å². The van der Waals surface area contributed by atoms with Gasteiger partial charge in [-0.1, -0.05) is 12.1 Å². The number of methoxy groups -OCH3 is 2. The number of H-pyrrole nitrogens is 1. The molecule has 0 aliphatic carbocycles. The molecule has 1 heterocycles. The molecule has 0 atom stereocenters. The average molecular weight is 496 g/mol. The van der Waals surface area contributed by atoms with Crippen LogP contribution in [0.3, 0.4) is 0 Å². The Kier molecular flexibility index (Phi) is 7.26. The van der Waals surface area contributed by atoms with E-state index in [-0.39, 0.29) is 23.7 Å². The lowest BCUT2D eigenvalue weighted by Gasteiger charge is -2.26. The minimum Gasteiger partial charge on any atom is -0.493 e. The van der Waals surface area contributed by atoms with Gasteiger partial charge in [0.1, 0.15) is 11.6 Å². The first kappa shape index (κ1) is 24.2. The Bertz CT molecular complexity index is 1410. The first-order valence-electron chi connectivity index (χ1n) is 10.7. The van der Waals surface area contributed by atoms with Gasteiger partial charge in [-0.05, 0) is 66.3 Å². The lowest BCUT2D eigenvalue weighted by Crippen LogP contribution is -2.35. The highest BCUT2D eigenvalue weighted by Crippen LogP contribution is 2.31. The van der Waals surface area contributed by atoms with E-state index in [1.54, 1.807) is 54.5 Å². The van der Waals surface area contributed by atoms with Gasteiger partial charge in [-0.25, -0.2) is 8.78 Å². The average Bonchev–Trinajstić information content (AvgIpc) is 2.85. The molecule has 6 nitrogen and oxygen atoms in total. The fourth-order valence-electron chi connectivity index (χ4n) is 3.65. The lowest BCUT2D eigenvalue weighted by atomic mass is 10.1. The Morgan fingerprint density at radius 2 is 1.51 bits per heavy atom. The molecule has 0 saturated carbocycles. The first-order valence-corrected chi connectivity index (χ1v) is 11.1. The van der Waals surface area contributed by atoms with E-state index in [2.05, 4.69) is 10.3 Å². The van der Waals surface area contributed by atoms with E-state index >= 15 is 0 Å². The fourth-order valence-corrected chi connectivity index (χ4v) is 3.89. The second-order valence-corrected chi connectivity index (χ2v) is 8.22. The summed E-state index contributed by atoms with van der Waals surface area (Å²) in [7, 11) is 3.07. The van der Waals surface area contributed by atoms with Crippen molar-refractivity contribution >= 4 is 33.9 Å². The molecule has 4 aromatic rings. The number of benzene rings is 3. The SMILES string of the molecule is COc1cc2cc(CN(Cc3ccc(F)cc3)C(=S)Nc3ccc(F)cc3)c(=O)[nH]c2cc1OC. The zero-order valence-corrected chi connectivity index (χ0v) is 19.9. The Labute approximate surface area is 206 Å². The predicted molar refractivity (Wildman–Crippen MR) is 136 cm³/mol. The largest absolute Gasteiger partial charge is 0.493 e. The van der Waals surface area contributed by atoms with Crippen molar-refractivity contribution in [2.24, 2.45) is 0 Å². The van der Waals surface area contributed by atoms with Crippen molar-refractivity contribution in [3.63, 3.8) is 0 Å². The molecule has 180 valence electrons. The van der Waals surface area contributed by atoms with Gasteiger partial charge in [-0.3, -0.25) is 4.79 Å². The van der Waals surface area contributed by atoms with Crippen LogP contribution in [0.4, 0.5) is 14.5 Å². The zero-order valence-electron chi connectivity index (χ0n) is 19.1. The molecule has 2 N–H and O–H groups in total. The van der Waals surface area contributed by atoms with Gasteiger partial charge in [-0.2, -0.15) is 0 Å². The quantitative estimate of drug-likeness (QED) is 0.343. The number of aromatic nitrogens is 1. The minimum atomic E-state index is -0.362. The molecule has 0 fully saturated rings. The Morgan fingerprint density at radius 3 is 2.14 bits per heavy atom. The minimum absolute atomic E-state index is 0.171. The molecule has 0 bridgehead atoms. The third kappa shape index (κ3) is 5.75. The number of thiocarbonyl (C=S) groups is 1. The van der Waals surface area contributed by atoms with Crippen LogP contribution in [-0.2, 0) is 13.1 Å². The summed E-state index contributed by atoms with van der Waals surface area (Å²) >= 11 is 5.62. The summed E-state index contributed by atoms with van der Waals surface area (Å²) < 4.78 is 37.4. The van der Waals surface area contributed by atoms with Crippen molar-refractivity contribution in [2.75, 3.05) is 19.5 Å². The van der Waals surface area contributed by atoms with Gasteiger partial charge in [-0.15, -0.1) is 0 Å². The van der Waals surface area contributed by atoms with Crippen LogP contribution in [0.2, 0.25) is 0 Å². The van der Waals surface area contributed by atoms with Crippen LogP contribution in [0.15, 0.2) is 71.5 Å². The predicted octanol–water partition coefficient (Wildman–Crippen LogP) is 5.22. The molecule has 0 aliphatic heterocycles. The number of rotatable bonds is 7. The molecule has 0 aliphatic rings. The lowest BCUT2D eigenvalue weighted by molar-refractivity contribution is 0.355. The standard InChI is InChI=1S/C26H23F2N3O3S/c1-33-23-12-17-11-18(25(32)30-22(17)13-24(23)34-2)15-31(14-16-3-5-19(27)6-4-16)26(35)29-21-9-7-20(28)8-10-21/h3-13H,14-15H2,1-2H3,(H,29,35)(H,30,32). The van der Waals surface area contributed by atoms with Crippen LogP contribution in [0.5, 0.6) is 11.5 Å². The number of pyridine rings is 1. The van der Waals surface area contributed by atoms with Gasteiger partial charge in [0.15, 0.2) is 16.6 Å². The number of hydrogen-bond acceptors (Lipinski definition) is 4. The van der Waals surface area contributed by atoms with E-state index in [1.165, 1.54) is 31.4 Å². The summed E-state index contributed by atoms with van der Waals surface area (Å²) in [5.41, 5.74) is 2.20. The molecule has 0 unspecified atom stereocenters.